The molecule has 0 bridgehead atoms. The van der Waals surface area contributed by atoms with Gasteiger partial charge in [-0.1, -0.05) is 31.2 Å². The normalized spacial score (nSPS) is 12.8. The van der Waals surface area contributed by atoms with Crippen molar-refractivity contribution in [2.24, 2.45) is 0 Å². The molecule has 112 valence electrons. The van der Waals surface area contributed by atoms with E-state index in [9.17, 15) is 0 Å². The molecule has 0 atom stereocenters. The van der Waals surface area contributed by atoms with Crippen LogP contribution >= 0.6 is 0 Å². The minimum atomic E-state index is -4.94. The minimum Gasteiger partial charge on any atom is -0.222 e. The minimum absolute atomic E-state index is 0.944. The molecule has 0 N–H and O–H groups in total. The molecule has 0 fully saturated rings. The van der Waals surface area contributed by atoms with E-state index in [1.165, 1.54) is 16.7 Å². The fourth-order valence-corrected chi connectivity index (χ4v) is 2.32. The van der Waals surface area contributed by atoms with E-state index in [4.69, 9.17) is 23.1 Å². The summed E-state index contributed by atoms with van der Waals surface area (Å²) in [7, 11) is -4.94. The van der Waals surface area contributed by atoms with Crippen LogP contribution in [0.1, 0.15) is 35.1 Å². The Kier molecular flexibility index (Phi) is 4.92. The van der Waals surface area contributed by atoms with Gasteiger partial charge in [-0.25, -0.2) is 23.1 Å². The molecule has 0 unspecified atom stereocenters. The first-order chi connectivity index (χ1) is 9.86. The van der Waals surface area contributed by atoms with Crippen molar-refractivity contribution in [1.29, 1.82) is 0 Å². The quantitative estimate of drug-likeness (QED) is 0.529. The van der Waals surface area contributed by atoms with Gasteiger partial charge in [0.1, 0.15) is 0 Å². The molecule has 1 aromatic carbocycles. The van der Waals surface area contributed by atoms with E-state index in [-0.39, 0.29) is 0 Å². The molecule has 0 amide bonds. The summed E-state index contributed by atoms with van der Waals surface area (Å²) in [5.41, 5.74) is 4.19. The summed E-state index contributed by atoms with van der Waals surface area (Å²) in [4.78, 5) is 0. The Morgan fingerprint density at radius 1 is 0.905 bits per heavy atom. The van der Waals surface area contributed by atoms with Gasteiger partial charge in [0.05, 0.1) is 18.4 Å². The standard InChI is InChI=1S/C15H15O.ClHO4/c1-2-14-8-7-13-9-11-5-3-4-6-12(11)10-15(13)16-14;2-1(3,4)5/h3-8H,2,9-10H2,1H3;(H,2,3,4,5)/q+1;/p-1. The van der Waals surface area contributed by atoms with Gasteiger partial charge in [0.2, 0.25) is 0 Å². The SMILES string of the molecule is CCc1ccc2c([o+]1)Cc1ccccc1C2.[O-][Cl+3]([O-])([O-])[O-]. The number of hydrogen-bond acceptors (Lipinski definition) is 4. The number of rotatable bonds is 1. The Labute approximate surface area is 124 Å². The van der Waals surface area contributed by atoms with Crippen LogP contribution in [-0.4, -0.2) is 0 Å². The number of aryl methyl sites for hydroxylation is 1. The number of hydrogen-bond donors (Lipinski definition) is 0. The van der Waals surface area contributed by atoms with Crippen molar-refractivity contribution >= 4 is 0 Å². The van der Waals surface area contributed by atoms with Crippen molar-refractivity contribution in [3.8, 4) is 0 Å². The van der Waals surface area contributed by atoms with Crippen LogP contribution in [0, 0.1) is 10.2 Å². The van der Waals surface area contributed by atoms with Gasteiger partial charge in [0.15, 0.2) is 0 Å². The van der Waals surface area contributed by atoms with Gasteiger partial charge in [0, 0.05) is 12.5 Å². The molecule has 2 aromatic rings. The molecule has 1 aliphatic carbocycles. The number of halogens is 1. The smallest absolute Gasteiger partial charge is 0.222 e. The third kappa shape index (κ3) is 4.77. The van der Waals surface area contributed by atoms with Crippen molar-refractivity contribution < 1.29 is 33.3 Å². The Balaban J connectivity index is 0.000000282. The van der Waals surface area contributed by atoms with Crippen LogP contribution in [0.25, 0.3) is 0 Å². The molecule has 1 aliphatic rings. The largest absolute Gasteiger partial charge is 0.337 e. The van der Waals surface area contributed by atoms with E-state index >= 15 is 0 Å². The van der Waals surface area contributed by atoms with Crippen LogP contribution in [0.2, 0.25) is 0 Å². The maximum Gasteiger partial charge on any atom is 0.337 e. The van der Waals surface area contributed by atoms with E-state index in [0.717, 1.165) is 30.8 Å². The molecule has 21 heavy (non-hydrogen) atoms. The molecular formula is C15H15ClO5. The van der Waals surface area contributed by atoms with Gasteiger partial charge in [-0.15, -0.1) is 10.2 Å². The zero-order valence-corrected chi connectivity index (χ0v) is 12.3. The summed E-state index contributed by atoms with van der Waals surface area (Å²) in [5.74, 6) is 2.23. The van der Waals surface area contributed by atoms with Crippen molar-refractivity contribution in [2.75, 3.05) is 0 Å². The highest BCUT2D eigenvalue weighted by atomic mass is 35.7. The highest BCUT2D eigenvalue weighted by Gasteiger charge is 2.24. The van der Waals surface area contributed by atoms with E-state index < -0.39 is 10.2 Å². The lowest BCUT2D eigenvalue weighted by atomic mass is 9.90. The zero-order chi connectivity index (χ0) is 15.5. The molecule has 0 aliphatic heterocycles. The summed E-state index contributed by atoms with van der Waals surface area (Å²) in [6.45, 7) is 2.13. The van der Waals surface area contributed by atoms with E-state index in [1.807, 2.05) is 0 Å². The second-order valence-corrected chi connectivity index (χ2v) is 5.46. The summed E-state index contributed by atoms with van der Waals surface area (Å²) in [5, 5.41) is 0. The third-order valence-corrected chi connectivity index (χ3v) is 3.28. The summed E-state index contributed by atoms with van der Waals surface area (Å²) in [6.07, 6.45) is 2.92. The highest BCUT2D eigenvalue weighted by Crippen LogP contribution is 2.27. The third-order valence-electron chi connectivity index (χ3n) is 3.28. The molecule has 6 heteroatoms. The Hall–Kier alpha value is -1.50. The predicted molar refractivity (Wildman–Crippen MR) is 64.5 cm³/mol. The Bertz CT molecular complexity index is 616. The molecule has 0 saturated heterocycles. The highest BCUT2D eigenvalue weighted by molar-refractivity contribution is 5.41. The molecule has 0 radical (unpaired) electrons. The van der Waals surface area contributed by atoms with Crippen LogP contribution in [0.4, 0.5) is 0 Å². The topological polar surface area (TPSA) is 104 Å². The lowest BCUT2D eigenvalue weighted by molar-refractivity contribution is -2.00. The maximum absolute atomic E-state index is 8.49. The average molecular weight is 311 g/mol. The second kappa shape index (κ2) is 6.51. The first-order valence-corrected chi connectivity index (χ1v) is 7.72. The second-order valence-electron chi connectivity index (χ2n) is 4.70. The Morgan fingerprint density at radius 2 is 1.48 bits per heavy atom. The molecule has 0 spiro atoms. The van der Waals surface area contributed by atoms with Gasteiger partial charge >= 0.3 is 11.5 Å². The van der Waals surface area contributed by atoms with Gasteiger partial charge in [-0.3, -0.25) is 0 Å². The first-order valence-electron chi connectivity index (χ1n) is 6.49. The monoisotopic (exact) mass is 310 g/mol. The Morgan fingerprint density at radius 3 is 2.05 bits per heavy atom. The van der Waals surface area contributed by atoms with Crippen molar-refractivity contribution in [1.82, 2.24) is 0 Å². The zero-order valence-electron chi connectivity index (χ0n) is 11.5. The molecule has 3 rings (SSSR count). The lowest BCUT2D eigenvalue weighted by Crippen LogP contribution is -2.68. The van der Waals surface area contributed by atoms with E-state index in [2.05, 4.69) is 43.3 Å². The molecule has 1 heterocycles. The van der Waals surface area contributed by atoms with Gasteiger partial charge in [0.25, 0.3) is 0 Å². The van der Waals surface area contributed by atoms with Crippen LogP contribution in [0.3, 0.4) is 0 Å². The lowest BCUT2D eigenvalue weighted by Gasteiger charge is -2.17. The first kappa shape index (κ1) is 15.9. The number of benzene rings is 1. The van der Waals surface area contributed by atoms with Crippen molar-refractivity contribution in [3.05, 3.63) is 64.6 Å². The number of fused-ring (bicyclic) bond motifs is 2. The van der Waals surface area contributed by atoms with E-state index in [0.29, 0.717) is 0 Å². The van der Waals surface area contributed by atoms with Gasteiger partial charge in [-0.2, -0.15) is 0 Å². The predicted octanol–water partition coefficient (Wildman–Crippen LogP) is -1.14. The fourth-order valence-electron chi connectivity index (χ4n) is 2.32. The average Bonchev–Trinajstić information content (AvgIpc) is 2.42. The molecule has 0 saturated carbocycles. The van der Waals surface area contributed by atoms with Crippen LogP contribution in [0.5, 0.6) is 0 Å². The summed E-state index contributed by atoms with van der Waals surface area (Å²) in [6, 6.07) is 13.0. The van der Waals surface area contributed by atoms with Gasteiger partial charge < -0.3 is 0 Å². The molecular weight excluding hydrogens is 296 g/mol. The molecule has 5 nitrogen and oxygen atoms in total. The van der Waals surface area contributed by atoms with Crippen LogP contribution in [-0.2, 0) is 19.3 Å². The van der Waals surface area contributed by atoms with Crippen molar-refractivity contribution in [3.63, 3.8) is 0 Å². The van der Waals surface area contributed by atoms with Crippen LogP contribution in [0.15, 0.2) is 40.8 Å². The van der Waals surface area contributed by atoms with Crippen molar-refractivity contribution in [2.45, 2.75) is 26.2 Å². The molecule has 1 aromatic heterocycles. The van der Waals surface area contributed by atoms with Gasteiger partial charge in [-0.05, 0) is 17.2 Å². The van der Waals surface area contributed by atoms with E-state index in [1.54, 1.807) is 0 Å². The maximum atomic E-state index is 8.49. The summed E-state index contributed by atoms with van der Waals surface area (Å²) >= 11 is 0. The fraction of sp³-hybridized carbons (Fsp3) is 0.267. The van der Waals surface area contributed by atoms with Crippen LogP contribution < -0.4 is 18.6 Å². The summed E-state index contributed by atoms with van der Waals surface area (Å²) < 4.78 is 39.9.